The van der Waals surface area contributed by atoms with Crippen molar-refractivity contribution < 1.29 is 0 Å². The van der Waals surface area contributed by atoms with Crippen LogP contribution in [-0.4, -0.2) is 4.57 Å². The fraction of sp³-hybridized carbons (Fsp3) is 0.238. The Balaban J connectivity index is 2.35. The zero-order valence-electron chi connectivity index (χ0n) is 14.3. The van der Waals surface area contributed by atoms with Crippen molar-refractivity contribution in [3.63, 3.8) is 0 Å². The molecule has 0 spiro atoms. The number of nitrogens with zero attached hydrogens (tertiary/aromatic N) is 2. The maximum Gasteiger partial charge on any atom is 0.258 e. The molecule has 0 radical (unpaired) electrons. The summed E-state index contributed by atoms with van der Waals surface area (Å²) in [7, 11) is 0. The van der Waals surface area contributed by atoms with Crippen molar-refractivity contribution in [2.24, 2.45) is 0 Å². The summed E-state index contributed by atoms with van der Waals surface area (Å²) in [6, 6.07) is 16.3. The summed E-state index contributed by atoms with van der Waals surface area (Å²) < 4.78 is 1.74. The molecule has 0 saturated carbocycles. The minimum absolute atomic E-state index is 0.0356. The quantitative estimate of drug-likeness (QED) is 0.714. The highest BCUT2D eigenvalue weighted by atomic mass is 16.1. The van der Waals surface area contributed by atoms with Crippen molar-refractivity contribution >= 4 is 10.9 Å². The van der Waals surface area contributed by atoms with Gasteiger partial charge in [-0.1, -0.05) is 35.9 Å². The van der Waals surface area contributed by atoms with Crippen LogP contribution in [0, 0.1) is 32.1 Å². The Bertz CT molecular complexity index is 1010. The number of rotatable bonds is 3. The van der Waals surface area contributed by atoms with Crippen LogP contribution in [0.5, 0.6) is 0 Å². The van der Waals surface area contributed by atoms with Crippen LogP contribution in [0.25, 0.3) is 22.0 Å². The van der Waals surface area contributed by atoms with Gasteiger partial charge >= 0.3 is 0 Å². The molecule has 3 heteroatoms. The fourth-order valence-electron chi connectivity index (χ4n) is 3.15. The lowest BCUT2D eigenvalue weighted by molar-refractivity contribution is 0.715. The molecule has 2 aromatic carbocycles. The molecule has 0 unspecified atom stereocenters. The van der Waals surface area contributed by atoms with Crippen LogP contribution < -0.4 is 5.56 Å². The van der Waals surface area contributed by atoms with Gasteiger partial charge in [0.2, 0.25) is 0 Å². The molecular weight excluding hydrogens is 296 g/mol. The molecule has 24 heavy (non-hydrogen) atoms. The second-order valence-corrected chi connectivity index (χ2v) is 6.30. The highest BCUT2D eigenvalue weighted by Crippen LogP contribution is 2.25. The van der Waals surface area contributed by atoms with Gasteiger partial charge in [-0.2, -0.15) is 5.26 Å². The summed E-state index contributed by atoms with van der Waals surface area (Å²) in [5.41, 5.74) is 5.90. The number of aromatic nitrogens is 1. The van der Waals surface area contributed by atoms with E-state index in [0.717, 1.165) is 33.2 Å². The topological polar surface area (TPSA) is 45.8 Å². The van der Waals surface area contributed by atoms with Crippen LogP contribution in [0.1, 0.15) is 23.1 Å². The van der Waals surface area contributed by atoms with E-state index in [-0.39, 0.29) is 5.56 Å². The number of benzene rings is 2. The van der Waals surface area contributed by atoms with Gasteiger partial charge in [0.25, 0.3) is 5.56 Å². The van der Waals surface area contributed by atoms with Gasteiger partial charge in [0.15, 0.2) is 0 Å². The van der Waals surface area contributed by atoms with Crippen molar-refractivity contribution in [3.05, 3.63) is 69.5 Å². The van der Waals surface area contributed by atoms with E-state index in [0.29, 0.717) is 18.5 Å². The van der Waals surface area contributed by atoms with Crippen LogP contribution in [0.15, 0.2) is 47.3 Å². The van der Waals surface area contributed by atoms with E-state index < -0.39 is 0 Å². The van der Waals surface area contributed by atoms with E-state index in [2.05, 4.69) is 19.1 Å². The van der Waals surface area contributed by atoms with Crippen molar-refractivity contribution in [3.8, 4) is 17.2 Å². The van der Waals surface area contributed by atoms with Gasteiger partial charge in [-0.15, -0.1) is 0 Å². The molecular formula is C21H20N2O. The Morgan fingerprint density at radius 1 is 1.00 bits per heavy atom. The van der Waals surface area contributed by atoms with Gasteiger partial charge < -0.3 is 4.57 Å². The van der Waals surface area contributed by atoms with Crippen molar-refractivity contribution in [2.75, 3.05) is 0 Å². The second kappa shape index (κ2) is 6.33. The first-order chi connectivity index (χ1) is 11.5. The molecule has 1 aromatic heterocycles. The second-order valence-electron chi connectivity index (χ2n) is 6.30. The average Bonchev–Trinajstić information content (AvgIpc) is 2.55. The zero-order valence-corrected chi connectivity index (χ0v) is 14.3. The number of nitriles is 1. The van der Waals surface area contributed by atoms with E-state index in [1.54, 1.807) is 4.57 Å². The Labute approximate surface area is 141 Å². The third kappa shape index (κ3) is 2.83. The summed E-state index contributed by atoms with van der Waals surface area (Å²) in [5.74, 6) is 0. The smallest absolute Gasteiger partial charge is 0.258 e. The first kappa shape index (κ1) is 16.0. The Hall–Kier alpha value is -2.86. The third-order valence-electron chi connectivity index (χ3n) is 4.37. The first-order valence-electron chi connectivity index (χ1n) is 8.10. The van der Waals surface area contributed by atoms with Crippen molar-refractivity contribution in [2.45, 2.75) is 33.7 Å². The lowest BCUT2D eigenvalue weighted by Crippen LogP contribution is -2.22. The van der Waals surface area contributed by atoms with Gasteiger partial charge in [-0.3, -0.25) is 4.79 Å². The summed E-state index contributed by atoms with van der Waals surface area (Å²) in [4.78, 5) is 13.1. The predicted molar refractivity (Wildman–Crippen MR) is 98.1 cm³/mol. The van der Waals surface area contributed by atoms with Gasteiger partial charge in [-0.25, -0.2) is 0 Å². The Morgan fingerprint density at radius 2 is 1.71 bits per heavy atom. The number of hydrogen-bond acceptors (Lipinski definition) is 2. The lowest BCUT2D eigenvalue weighted by Gasteiger charge is -2.14. The van der Waals surface area contributed by atoms with E-state index in [4.69, 9.17) is 5.26 Å². The van der Waals surface area contributed by atoms with E-state index in [1.807, 2.05) is 50.2 Å². The summed E-state index contributed by atoms with van der Waals surface area (Å²) >= 11 is 0. The normalized spacial score (nSPS) is 10.8. The van der Waals surface area contributed by atoms with Crippen LogP contribution in [-0.2, 0) is 6.54 Å². The standard InChI is InChI=1S/C21H20N2O/c1-14-5-7-17(8-6-14)19-13-18-16(3)11-15(2)12-20(18)23(21(19)24)10-4-9-22/h5-8,11-13H,4,10H2,1-3H3. The molecule has 0 aliphatic heterocycles. The molecule has 0 saturated heterocycles. The number of hydrogen-bond donors (Lipinski definition) is 0. The molecule has 0 fully saturated rings. The van der Waals surface area contributed by atoms with Crippen LogP contribution in [0.4, 0.5) is 0 Å². The lowest BCUT2D eigenvalue weighted by atomic mass is 10.00. The van der Waals surface area contributed by atoms with E-state index in [1.165, 1.54) is 0 Å². The SMILES string of the molecule is Cc1ccc(-c2cc3c(C)cc(C)cc3n(CCC#N)c2=O)cc1. The molecule has 3 nitrogen and oxygen atoms in total. The summed E-state index contributed by atoms with van der Waals surface area (Å²) in [6.45, 7) is 6.53. The third-order valence-corrected chi connectivity index (χ3v) is 4.37. The highest BCUT2D eigenvalue weighted by Gasteiger charge is 2.13. The molecule has 0 N–H and O–H groups in total. The van der Waals surface area contributed by atoms with E-state index >= 15 is 0 Å². The van der Waals surface area contributed by atoms with Gasteiger partial charge in [-0.05, 0) is 49.6 Å². The maximum absolute atomic E-state index is 13.1. The number of aryl methyl sites for hydroxylation is 4. The van der Waals surface area contributed by atoms with Crippen molar-refractivity contribution in [1.29, 1.82) is 5.26 Å². The molecule has 0 bridgehead atoms. The highest BCUT2D eigenvalue weighted by molar-refractivity contribution is 5.87. The van der Waals surface area contributed by atoms with E-state index in [9.17, 15) is 4.79 Å². The molecule has 3 aromatic rings. The molecule has 120 valence electrons. The Morgan fingerprint density at radius 3 is 2.38 bits per heavy atom. The number of pyridine rings is 1. The Kier molecular flexibility index (Phi) is 4.22. The minimum Gasteiger partial charge on any atom is -0.307 e. The molecule has 3 rings (SSSR count). The van der Waals surface area contributed by atoms with Crippen LogP contribution in [0.2, 0.25) is 0 Å². The zero-order chi connectivity index (χ0) is 17.3. The first-order valence-corrected chi connectivity index (χ1v) is 8.10. The maximum atomic E-state index is 13.1. The summed E-state index contributed by atoms with van der Waals surface area (Å²) in [6.07, 6.45) is 0.319. The van der Waals surface area contributed by atoms with Gasteiger partial charge in [0.05, 0.1) is 18.0 Å². The molecule has 0 amide bonds. The predicted octanol–water partition coefficient (Wildman–Crippen LogP) is 4.51. The fourth-order valence-corrected chi connectivity index (χ4v) is 3.15. The summed E-state index contributed by atoms with van der Waals surface area (Å²) in [5, 5.41) is 10.0. The molecule has 0 aliphatic rings. The van der Waals surface area contributed by atoms with Gasteiger partial charge in [0.1, 0.15) is 0 Å². The number of fused-ring (bicyclic) bond motifs is 1. The molecule has 0 atom stereocenters. The van der Waals surface area contributed by atoms with Crippen molar-refractivity contribution in [1.82, 2.24) is 4.57 Å². The van der Waals surface area contributed by atoms with Gasteiger partial charge in [0, 0.05) is 17.5 Å². The minimum atomic E-state index is -0.0356. The van der Waals surface area contributed by atoms with Crippen LogP contribution >= 0.6 is 0 Å². The average molecular weight is 316 g/mol. The molecule has 0 aliphatic carbocycles. The van der Waals surface area contributed by atoms with Crippen LogP contribution in [0.3, 0.4) is 0 Å². The molecule has 1 heterocycles. The largest absolute Gasteiger partial charge is 0.307 e. The monoisotopic (exact) mass is 316 g/mol.